The van der Waals surface area contributed by atoms with Gasteiger partial charge in [-0.3, -0.25) is 35.3 Å². The Morgan fingerprint density at radius 2 is 1.72 bits per heavy atom. The van der Waals surface area contributed by atoms with Crippen LogP contribution in [-0.4, -0.2) is 29.2 Å². The molecule has 1 aliphatic heterocycles. The van der Waals surface area contributed by atoms with Crippen molar-refractivity contribution in [2.24, 2.45) is 11.8 Å². The van der Waals surface area contributed by atoms with Gasteiger partial charge < -0.3 is 4.90 Å². The van der Waals surface area contributed by atoms with Crippen molar-refractivity contribution in [3.05, 3.63) is 69.8 Å². The highest BCUT2D eigenvalue weighted by Crippen LogP contribution is 2.35. The number of carbonyl (C=O) groups is 3. The van der Waals surface area contributed by atoms with Crippen LogP contribution in [0.1, 0.15) is 41.6 Å². The highest BCUT2D eigenvalue weighted by atomic mass is 16.6. The minimum absolute atomic E-state index is 0.0557. The molecular weight excluding hydrogens is 412 g/mol. The third-order valence-electron chi connectivity index (χ3n) is 6.19. The molecule has 166 valence electrons. The summed E-state index contributed by atoms with van der Waals surface area (Å²) in [6.07, 6.45) is 3.68. The minimum Gasteiger partial charge on any atom is -0.312 e. The standard InChI is InChI=1S/C23H24N4O5/c28-21(16-7-5-8-17(14-16)27(31)32)24-25-22(29)18-9-2-3-10-19(18)23(30)26-13-12-15-6-1-4-11-20(15)26/h1,4-8,11,14,18-19H,2-3,9-10,12-13H2,(H,24,28)(H,25,29). The lowest BCUT2D eigenvalue weighted by Crippen LogP contribution is -2.49. The molecule has 2 aromatic carbocycles. The first-order valence-electron chi connectivity index (χ1n) is 10.7. The number of nitrogens with zero attached hydrogens (tertiary/aromatic N) is 2. The zero-order valence-corrected chi connectivity index (χ0v) is 17.5. The Labute approximate surface area is 184 Å². The number of benzene rings is 2. The molecule has 1 heterocycles. The number of amides is 3. The lowest BCUT2D eigenvalue weighted by atomic mass is 9.78. The maximum Gasteiger partial charge on any atom is 0.270 e. The van der Waals surface area contributed by atoms with Crippen molar-refractivity contribution in [2.45, 2.75) is 32.1 Å². The number of anilines is 1. The van der Waals surface area contributed by atoms with Gasteiger partial charge in [0.05, 0.1) is 16.8 Å². The number of carbonyl (C=O) groups excluding carboxylic acids is 3. The second-order valence-corrected chi connectivity index (χ2v) is 8.12. The number of nitro benzene ring substituents is 1. The van der Waals surface area contributed by atoms with Crippen LogP contribution in [-0.2, 0) is 16.0 Å². The Balaban J connectivity index is 1.42. The van der Waals surface area contributed by atoms with E-state index in [9.17, 15) is 24.5 Å². The molecule has 1 fully saturated rings. The van der Waals surface area contributed by atoms with E-state index in [2.05, 4.69) is 10.9 Å². The molecule has 0 aromatic heterocycles. The van der Waals surface area contributed by atoms with Gasteiger partial charge in [-0.05, 0) is 37.0 Å². The molecule has 2 N–H and O–H groups in total. The van der Waals surface area contributed by atoms with Crippen LogP contribution in [0.4, 0.5) is 11.4 Å². The molecular formula is C23H24N4O5. The third kappa shape index (κ3) is 4.32. The molecule has 2 aromatic rings. The van der Waals surface area contributed by atoms with E-state index in [1.165, 1.54) is 18.2 Å². The van der Waals surface area contributed by atoms with Crippen molar-refractivity contribution in [3.8, 4) is 0 Å². The number of rotatable bonds is 4. The molecule has 0 spiro atoms. The Morgan fingerprint density at radius 1 is 0.969 bits per heavy atom. The van der Waals surface area contributed by atoms with Crippen LogP contribution in [0.25, 0.3) is 0 Å². The summed E-state index contributed by atoms with van der Waals surface area (Å²) in [6, 6.07) is 13.0. The summed E-state index contributed by atoms with van der Waals surface area (Å²) in [5, 5.41) is 10.9. The number of nitrogens with one attached hydrogen (secondary N) is 2. The largest absolute Gasteiger partial charge is 0.312 e. The van der Waals surface area contributed by atoms with Crippen molar-refractivity contribution in [1.29, 1.82) is 0 Å². The maximum absolute atomic E-state index is 13.3. The first-order chi connectivity index (χ1) is 15.5. The molecule has 1 saturated carbocycles. The average Bonchev–Trinajstić information content (AvgIpc) is 3.26. The number of hydrogen-bond acceptors (Lipinski definition) is 5. The molecule has 4 rings (SSSR count). The van der Waals surface area contributed by atoms with E-state index in [1.54, 1.807) is 4.90 Å². The van der Waals surface area contributed by atoms with Crippen LogP contribution in [0.5, 0.6) is 0 Å². The second kappa shape index (κ2) is 9.17. The van der Waals surface area contributed by atoms with Gasteiger partial charge in [-0.15, -0.1) is 0 Å². The van der Waals surface area contributed by atoms with E-state index in [0.717, 1.165) is 36.6 Å². The second-order valence-electron chi connectivity index (χ2n) is 8.12. The third-order valence-corrected chi connectivity index (χ3v) is 6.19. The summed E-state index contributed by atoms with van der Waals surface area (Å²) in [5.41, 5.74) is 6.61. The van der Waals surface area contributed by atoms with Gasteiger partial charge in [0, 0.05) is 29.9 Å². The molecule has 0 radical (unpaired) electrons. The van der Waals surface area contributed by atoms with E-state index < -0.39 is 28.6 Å². The van der Waals surface area contributed by atoms with Crippen molar-refractivity contribution >= 4 is 29.1 Å². The van der Waals surface area contributed by atoms with Gasteiger partial charge in [0.25, 0.3) is 11.6 Å². The lowest BCUT2D eigenvalue weighted by Gasteiger charge is -2.32. The molecule has 0 saturated heterocycles. The van der Waals surface area contributed by atoms with Crippen molar-refractivity contribution in [1.82, 2.24) is 10.9 Å². The normalized spacial score (nSPS) is 19.7. The van der Waals surface area contributed by atoms with Crippen LogP contribution >= 0.6 is 0 Å². The minimum atomic E-state index is -0.658. The highest BCUT2D eigenvalue weighted by molar-refractivity contribution is 6.00. The van der Waals surface area contributed by atoms with E-state index in [1.807, 2.05) is 24.3 Å². The van der Waals surface area contributed by atoms with Crippen molar-refractivity contribution in [2.75, 3.05) is 11.4 Å². The van der Waals surface area contributed by atoms with Gasteiger partial charge in [0.1, 0.15) is 0 Å². The van der Waals surface area contributed by atoms with Crippen molar-refractivity contribution < 1.29 is 19.3 Å². The molecule has 9 heteroatoms. The summed E-state index contributed by atoms with van der Waals surface area (Å²) in [4.78, 5) is 50.6. The molecule has 3 amide bonds. The predicted octanol–water partition coefficient (Wildman–Crippen LogP) is 2.75. The summed E-state index contributed by atoms with van der Waals surface area (Å²) in [7, 11) is 0. The fourth-order valence-corrected chi connectivity index (χ4v) is 4.55. The first-order valence-corrected chi connectivity index (χ1v) is 10.7. The average molecular weight is 436 g/mol. The van der Waals surface area contributed by atoms with E-state index >= 15 is 0 Å². The van der Waals surface area contributed by atoms with Gasteiger partial charge in [-0.25, -0.2) is 0 Å². The van der Waals surface area contributed by atoms with E-state index in [4.69, 9.17) is 0 Å². The van der Waals surface area contributed by atoms with Gasteiger partial charge in [-0.1, -0.05) is 37.1 Å². The van der Waals surface area contributed by atoms with E-state index in [0.29, 0.717) is 19.4 Å². The zero-order chi connectivity index (χ0) is 22.7. The van der Waals surface area contributed by atoms with Crippen LogP contribution in [0.2, 0.25) is 0 Å². The number of fused-ring (bicyclic) bond motifs is 1. The zero-order valence-electron chi connectivity index (χ0n) is 17.5. The molecule has 1 aliphatic carbocycles. The first kappa shape index (κ1) is 21.5. The Hall–Kier alpha value is -3.75. The van der Waals surface area contributed by atoms with Crippen LogP contribution < -0.4 is 15.8 Å². The topological polar surface area (TPSA) is 122 Å². The Morgan fingerprint density at radius 3 is 2.50 bits per heavy atom. The summed E-state index contributed by atoms with van der Waals surface area (Å²) >= 11 is 0. The lowest BCUT2D eigenvalue weighted by molar-refractivity contribution is -0.384. The maximum atomic E-state index is 13.3. The molecule has 2 unspecified atom stereocenters. The number of hydrazine groups is 1. The SMILES string of the molecule is O=C(NNC(=O)C1CCCCC1C(=O)N1CCc2ccccc21)c1cccc([N+](=O)[O-])c1. The quantitative estimate of drug-likeness (QED) is 0.564. The fraction of sp³-hybridized carbons (Fsp3) is 0.348. The molecule has 9 nitrogen and oxygen atoms in total. The monoisotopic (exact) mass is 436 g/mol. The molecule has 0 bridgehead atoms. The van der Waals surface area contributed by atoms with Gasteiger partial charge in [-0.2, -0.15) is 0 Å². The Kier molecular flexibility index (Phi) is 6.16. The highest BCUT2D eigenvalue weighted by Gasteiger charge is 2.39. The Bertz CT molecular complexity index is 1070. The smallest absolute Gasteiger partial charge is 0.270 e. The predicted molar refractivity (Wildman–Crippen MR) is 117 cm³/mol. The van der Waals surface area contributed by atoms with Gasteiger partial charge in [0.15, 0.2) is 0 Å². The van der Waals surface area contributed by atoms with E-state index in [-0.39, 0.29) is 17.2 Å². The number of para-hydroxylation sites is 1. The van der Waals surface area contributed by atoms with Gasteiger partial charge in [0.2, 0.25) is 11.8 Å². The summed E-state index contributed by atoms with van der Waals surface area (Å²) in [5.74, 6) is -2.14. The summed E-state index contributed by atoms with van der Waals surface area (Å²) in [6.45, 7) is 0.604. The summed E-state index contributed by atoms with van der Waals surface area (Å²) < 4.78 is 0. The molecule has 2 atom stereocenters. The fourth-order valence-electron chi connectivity index (χ4n) is 4.55. The van der Waals surface area contributed by atoms with Crippen LogP contribution in [0.3, 0.4) is 0 Å². The molecule has 32 heavy (non-hydrogen) atoms. The number of nitro groups is 1. The molecule has 2 aliphatic rings. The number of hydrogen-bond donors (Lipinski definition) is 2. The van der Waals surface area contributed by atoms with Crippen molar-refractivity contribution in [3.63, 3.8) is 0 Å². The van der Waals surface area contributed by atoms with Gasteiger partial charge >= 0.3 is 0 Å². The number of non-ortho nitro benzene ring substituents is 1. The van der Waals surface area contributed by atoms with Crippen LogP contribution in [0.15, 0.2) is 48.5 Å². The van der Waals surface area contributed by atoms with Crippen LogP contribution in [0, 0.1) is 22.0 Å².